The molecule has 2 unspecified atom stereocenters. The first-order valence-electron chi connectivity index (χ1n) is 4.95. The lowest BCUT2D eigenvalue weighted by molar-refractivity contribution is -0.159. The summed E-state index contributed by atoms with van der Waals surface area (Å²) in [6.07, 6.45) is -3.29. The molecular weight excluding hydrogens is 295 g/mol. The molecule has 2 atom stereocenters. The van der Waals surface area contributed by atoms with Crippen molar-refractivity contribution in [1.29, 1.82) is 0 Å². The average molecular weight is 307 g/mol. The second-order valence-corrected chi connectivity index (χ2v) is 4.08. The molecule has 0 saturated carbocycles. The van der Waals surface area contributed by atoms with E-state index in [0.717, 1.165) is 0 Å². The molecule has 2 N–H and O–H groups in total. The summed E-state index contributed by atoms with van der Waals surface area (Å²) >= 11 is 2.94. The molecular formula is C11H12BrFO4. The smallest absolute Gasteiger partial charge is 0.338 e. The van der Waals surface area contributed by atoms with Crippen molar-refractivity contribution in [3.05, 3.63) is 34.1 Å². The highest BCUT2D eigenvalue weighted by Crippen LogP contribution is 2.28. The molecule has 0 aliphatic carbocycles. The van der Waals surface area contributed by atoms with Gasteiger partial charge in [0.25, 0.3) is 0 Å². The van der Waals surface area contributed by atoms with Crippen LogP contribution in [0.1, 0.15) is 18.6 Å². The SMILES string of the molecule is CCOC(=O)C(O)C(O)c1cccc(F)c1Br. The molecule has 6 heteroatoms. The van der Waals surface area contributed by atoms with Crippen molar-refractivity contribution in [1.82, 2.24) is 0 Å². The van der Waals surface area contributed by atoms with Crippen LogP contribution in [0.25, 0.3) is 0 Å². The number of halogens is 2. The number of benzene rings is 1. The number of carbonyl (C=O) groups is 1. The normalized spacial score (nSPS) is 14.2. The number of hydrogen-bond donors (Lipinski definition) is 2. The van der Waals surface area contributed by atoms with Gasteiger partial charge in [-0.2, -0.15) is 0 Å². The van der Waals surface area contributed by atoms with E-state index in [-0.39, 0.29) is 16.6 Å². The van der Waals surface area contributed by atoms with Gasteiger partial charge in [-0.3, -0.25) is 0 Å². The summed E-state index contributed by atoms with van der Waals surface area (Å²) in [4.78, 5) is 11.2. The molecule has 0 spiro atoms. The molecule has 0 aromatic heterocycles. The molecule has 0 amide bonds. The second-order valence-electron chi connectivity index (χ2n) is 3.28. The zero-order valence-electron chi connectivity index (χ0n) is 9.06. The molecule has 0 fully saturated rings. The number of hydrogen-bond acceptors (Lipinski definition) is 4. The van der Waals surface area contributed by atoms with Crippen LogP contribution in [0.15, 0.2) is 22.7 Å². The van der Waals surface area contributed by atoms with Gasteiger partial charge in [-0.25, -0.2) is 9.18 Å². The third-order valence-corrected chi connectivity index (χ3v) is 2.96. The second kappa shape index (κ2) is 6.09. The van der Waals surface area contributed by atoms with Gasteiger partial charge >= 0.3 is 5.97 Å². The lowest BCUT2D eigenvalue weighted by atomic mass is 10.0. The highest BCUT2D eigenvalue weighted by atomic mass is 79.9. The Kier molecular flexibility index (Phi) is 5.04. The van der Waals surface area contributed by atoms with Crippen molar-refractivity contribution < 1.29 is 24.1 Å². The first-order chi connectivity index (χ1) is 7.99. The summed E-state index contributed by atoms with van der Waals surface area (Å²) in [6, 6.07) is 3.97. The van der Waals surface area contributed by atoms with Crippen LogP contribution < -0.4 is 0 Å². The van der Waals surface area contributed by atoms with Crippen molar-refractivity contribution in [2.45, 2.75) is 19.1 Å². The standard InChI is InChI=1S/C11H12BrFO4/c1-2-17-11(16)10(15)9(14)6-4-3-5-7(13)8(6)12/h3-5,9-10,14-15H,2H2,1H3. The van der Waals surface area contributed by atoms with E-state index in [0.29, 0.717) is 0 Å². The fourth-order valence-corrected chi connectivity index (χ4v) is 1.77. The number of esters is 1. The van der Waals surface area contributed by atoms with Crippen molar-refractivity contribution in [3.8, 4) is 0 Å². The molecule has 4 nitrogen and oxygen atoms in total. The zero-order chi connectivity index (χ0) is 13.0. The topological polar surface area (TPSA) is 66.8 Å². The molecule has 0 saturated heterocycles. The van der Waals surface area contributed by atoms with E-state index in [4.69, 9.17) is 0 Å². The minimum Gasteiger partial charge on any atom is -0.464 e. The summed E-state index contributed by atoms with van der Waals surface area (Å²) in [5, 5.41) is 19.3. The Hall–Kier alpha value is -0.980. The molecule has 0 radical (unpaired) electrons. The first-order valence-corrected chi connectivity index (χ1v) is 5.75. The number of aliphatic hydroxyl groups excluding tert-OH is 2. The Morgan fingerprint density at radius 3 is 2.76 bits per heavy atom. The predicted molar refractivity (Wildman–Crippen MR) is 61.7 cm³/mol. The van der Waals surface area contributed by atoms with E-state index >= 15 is 0 Å². The van der Waals surface area contributed by atoms with Gasteiger partial charge in [0, 0.05) is 5.56 Å². The molecule has 1 rings (SSSR count). The summed E-state index contributed by atoms with van der Waals surface area (Å²) < 4.78 is 17.8. The maximum absolute atomic E-state index is 13.2. The molecule has 0 bridgehead atoms. The number of ether oxygens (including phenoxy) is 1. The monoisotopic (exact) mass is 306 g/mol. The highest BCUT2D eigenvalue weighted by Gasteiger charge is 2.28. The van der Waals surface area contributed by atoms with Crippen molar-refractivity contribution in [2.24, 2.45) is 0 Å². The van der Waals surface area contributed by atoms with Crippen LogP contribution in [0.2, 0.25) is 0 Å². The van der Waals surface area contributed by atoms with Gasteiger partial charge in [-0.1, -0.05) is 12.1 Å². The molecule has 17 heavy (non-hydrogen) atoms. The molecule has 1 aromatic rings. The largest absolute Gasteiger partial charge is 0.464 e. The van der Waals surface area contributed by atoms with Crippen molar-refractivity contribution in [2.75, 3.05) is 6.61 Å². The molecule has 0 aliphatic heterocycles. The molecule has 0 aliphatic rings. The van der Waals surface area contributed by atoms with Gasteiger partial charge in [0.05, 0.1) is 11.1 Å². The van der Waals surface area contributed by atoms with E-state index in [1.165, 1.54) is 18.2 Å². The first kappa shape index (κ1) is 14.1. The Balaban J connectivity index is 2.92. The Morgan fingerprint density at radius 2 is 2.18 bits per heavy atom. The number of aliphatic hydroxyl groups is 2. The van der Waals surface area contributed by atoms with E-state index in [1.54, 1.807) is 6.92 Å². The minimum atomic E-state index is -1.74. The van der Waals surface area contributed by atoms with Gasteiger partial charge in [0.2, 0.25) is 0 Å². The molecule has 0 heterocycles. The van der Waals surface area contributed by atoms with Gasteiger partial charge in [-0.15, -0.1) is 0 Å². The number of carbonyl (C=O) groups excluding carboxylic acids is 1. The van der Waals surface area contributed by atoms with E-state index in [9.17, 15) is 19.4 Å². The summed E-state index contributed by atoms with van der Waals surface area (Å²) in [5.41, 5.74) is 0.0885. The lowest BCUT2D eigenvalue weighted by Gasteiger charge is -2.18. The fourth-order valence-electron chi connectivity index (χ4n) is 1.28. The van der Waals surface area contributed by atoms with E-state index in [2.05, 4.69) is 20.7 Å². The summed E-state index contributed by atoms with van der Waals surface area (Å²) in [5.74, 6) is -1.53. The quantitative estimate of drug-likeness (QED) is 0.828. The van der Waals surface area contributed by atoms with Gasteiger partial charge in [0.15, 0.2) is 6.10 Å². The van der Waals surface area contributed by atoms with Crippen LogP contribution in [-0.2, 0) is 9.53 Å². The van der Waals surface area contributed by atoms with E-state index < -0.39 is 24.0 Å². The van der Waals surface area contributed by atoms with Crippen LogP contribution in [0.4, 0.5) is 4.39 Å². The van der Waals surface area contributed by atoms with Crippen LogP contribution in [0, 0.1) is 5.82 Å². The fraction of sp³-hybridized carbons (Fsp3) is 0.364. The van der Waals surface area contributed by atoms with E-state index in [1.807, 2.05) is 0 Å². The summed E-state index contributed by atoms with van der Waals surface area (Å²) in [6.45, 7) is 1.67. The molecule has 1 aromatic carbocycles. The highest BCUT2D eigenvalue weighted by molar-refractivity contribution is 9.10. The van der Waals surface area contributed by atoms with Crippen LogP contribution in [0.3, 0.4) is 0 Å². The van der Waals surface area contributed by atoms with Crippen molar-refractivity contribution >= 4 is 21.9 Å². The van der Waals surface area contributed by atoms with Gasteiger partial charge < -0.3 is 14.9 Å². The lowest BCUT2D eigenvalue weighted by Crippen LogP contribution is -2.30. The molecule has 94 valence electrons. The minimum absolute atomic E-state index is 0.0100. The third kappa shape index (κ3) is 3.24. The maximum Gasteiger partial charge on any atom is 0.338 e. The van der Waals surface area contributed by atoms with Gasteiger partial charge in [-0.05, 0) is 28.9 Å². The zero-order valence-corrected chi connectivity index (χ0v) is 10.6. The third-order valence-electron chi connectivity index (χ3n) is 2.13. The average Bonchev–Trinajstić information content (AvgIpc) is 2.31. The Bertz CT molecular complexity index is 410. The van der Waals surface area contributed by atoms with Gasteiger partial charge in [0.1, 0.15) is 11.9 Å². The predicted octanol–water partition coefficient (Wildman–Crippen LogP) is 1.55. The Morgan fingerprint density at radius 1 is 1.53 bits per heavy atom. The Labute approximate surface area is 106 Å². The number of rotatable bonds is 4. The van der Waals surface area contributed by atoms with Crippen LogP contribution >= 0.6 is 15.9 Å². The summed E-state index contributed by atoms with van der Waals surface area (Å²) in [7, 11) is 0. The van der Waals surface area contributed by atoms with Crippen LogP contribution in [0.5, 0.6) is 0 Å². The van der Waals surface area contributed by atoms with Crippen LogP contribution in [-0.4, -0.2) is 28.9 Å². The maximum atomic E-state index is 13.2. The van der Waals surface area contributed by atoms with Crippen molar-refractivity contribution in [3.63, 3.8) is 0 Å².